The molecule has 16 heavy (non-hydrogen) atoms. The van der Waals surface area contributed by atoms with Crippen LogP contribution in [0, 0.1) is 0 Å². The highest BCUT2D eigenvalue weighted by Gasteiger charge is 2.10. The van der Waals surface area contributed by atoms with Crippen LogP contribution in [-0.2, 0) is 0 Å². The van der Waals surface area contributed by atoms with E-state index in [2.05, 4.69) is 15.6 Å². The first-order valence-corrected chi connectivity index (χ1v) is 5.21. The minimum absolute atomic E-state index is 0.0724. The number of urea groups is 1. The molecule has 2 amide bonds. The molecule has 1 rings (SSSR count). The third-order valence-electron chi connectivity index (χ3n) is 2.21. The molecule has 0 aromatic carbocycles. The molecular weight excluding hydrogens is 206 g/mol. The smallest absolute Gasteiger partial charge is 0.315 e. The first kappa shape index (κ1) is 12.4. The Labute approximate surface area is 94.9 Å². The average molecular weight is 223 g/mol. The van der Waals surface area contributed by atoms with Crippen LogP contribution in [0.2, 0.25) is 0 Å². The highest BCUT2D eigenvalue weighted by molar-refractivity contribution is 5.74. The molecule has 0 saturated heterocycles. The molecule has 0 spiro atoms. The van der Waals surface area contributed by atoms with E-state index in [4.69, 9.17) is 5.11 Å². The van der Waals surface area contributed by atoms with Crippen LogP contribution >= 0.6 is 0 Å². The van der Waals surface area contributed by atoms with Crippen molar-refractivity contribution in [3.05, 3.63) is 30.1 Å². The molecule has 0 fully saturated rings. The molecule has 0 bridgehead atoms. The quantitative estimate of drug-likeness (QED) is 0.707. The van der Waals surface area contributed by atoms with Gasteiger partial charge in [-0.15, -0.1) is 0 Å². The number of carbonyl (C=O) groups excluding carboxylic acids is 1. The highest BCUT2D eigenvalue weighted by atomic mass is 16.3. The van der Waals surface area contributed by atoms with E-state index in [0.717, 1.165) is 5.56 Å². The molecule has 2 unspecified atom stereocenters. The predicted molar refractivity (Wildman–Crippen MR) is 60.9 cm³/mol. The third kappa shape index (κ3) is 3.86. The highest BCUT2D eigenvalue weighted by Crippen LogP contribution is 2.09. The summed E-state index contributed by atoms with van der Waals surface area (Å²) >= 11 is 0. The van der Waals surface area contributed by atoms with Gasteiger partial charge in [-0.25, -0.2) is 4.79 Å². The first-order valence-electron chi connectivity index (χ1n) is 5.21. The van der Waals surface area contributed by atoms with Crippen LogP contribution in [0.25, 0.3) is 0 Å². The van der Waals surface area contributed by atoms with Gasteiger partial charge < -0.3 is 15.7 Å². The number of pyridine rings is 1. The van der Waals surface area contributed by atoms with Crippen molar-refractivity contribution < 1.29 is 9.90 Å². The van der Waals surface area contributed by atoms with E-state index < -0.39 is 0 Å². The zero-order chi connectivity index (χ0) is 12.0. The lowest BCUT2D eigenvalue weighted by atomic mass is 10.1. The molecule has 5 nitrogen and oxygen atoms in total. The van der Waals surface area contributed by atoms with Gasteiger partial charge in [0, 0.05) is 12.4 Å². The van der Waals surface area contributed by atoms with Crippen molar-refractivity contribution in [1.82, 2.24) is 15.6 Å². The normalized spacial score (nSPS) is 13.9. The molecule has 2 atom stereocenters. The van der Waals surface area contributed by atoms with Crippen LogP contribution in [-0.4, -0.2) is 28.8 Å². The van der Waals surface area contributed by atoms with Gasteiger partial charge in [0.1, 0.15) is 0 Å². The number of hydrogen-bond donors (Lipinski definition) is 3. The summed E-state index contributed by atoms with van der Waals surface area (Å²) in [5, 5.41) is 14.2. The Morgan fingerprint density at radius 2 is 2.00 bits per heavy atom. The summed E-state index contributed by atoms with van der Waals surface area (Å²) < 4.78 is 0. The maximum Gasteiger partial charge on any atom is 0.315 e. The summed E-state index contributed by atoms with van der Waals surface area (Å²) in [5.41, 5.74) is 0.988. The summed E-state index contributed by atoms with van der Waals surface area (Å²) in [4.78, 5) is 15.4. The van der Waals surface area contributed by atoms with E-state index in [0.29, 0.717) is 0 Å². The van der Waals surface area contributed by atoms with E-state index in [-0.39, 0.29) is 24.7 Å². The second kappa shape index (κ2) is 6.07. The minimum atomic E-state index is -0.286. The first-order chi connectivity index (χ1) is 7.63. The van der Waals surface area contributed by atoms with Crippen LogP contribution in [0.1, 0.15) is 25.5 Å². The van der Waals surface area contributed by atoms with Crippen LogP contribution in [0.4, 0.5) is 4.79 Å². The zero-order valence-electron chi connectivity index (χ0n) is 9.47. The SMILES string of the molecule is CC(CO)NC(=O)NC(C)c1ccncc1. The molecule has 5 heteroatoms. The van der Waals surface area contributed by atoms with Crippen molar-refractivity contribution >= 4 is 6.03 Å². The number of rotatable bonds is 4. The second-order valence-corrected chi connectivity index (χ2v) is 3.70. The third-order valence-corrected chi connectivity index (χ3v) is 2.21. The van der Waals surface area contributed by atoms with Crippen LogP contribution in [0.3, 0.4) is 0 Å². The van der Waals surface area contributed by atoms with E-state index in [1.165, 1.54) is 0 Å². The van der Waals surface area contributed by atoms with E-state index in [9.17, 15) is 4.79 Å². The Morgan fingerprint density at radius 3 is 2.56 bits per heavy atom. The minimum Gasteiger partial charge on any atom is -0.394 e. The van der Waals surface area contributed by atoms with Crippen molar-refractivity contribution in [3.63, 3.8) is 0 Å². The molecule has 1 aromatic rings. The molecular formula is C11H17N3O2. The number of aromatic nitrogens is 1. The Morgan fingerprint density at radius 1 is 1.38 bits per heavy atom. The van der Waals surface area contributed by atoms with Gasteiger partial charge in [-0.2, -0.15) is 0 Å². The van der Waals surface area contributed by atoms with Gasteiger partial charge in [-0.05, 0) is 31.5 Å². The molecule has 88 valence electrons. The summed E-state index contributed by atoms with van der Waals surface area (Å²) in [7, 11) is 0. The summed E-state index contributed by atoms with van der Waals surface area (Å²) in [5.74, 6) is 0. The van der Waals surface area contributed by atoms with E-state index >= 15 is 0 Å². The number of aliphatic hydroxyl groups excluding tert-OH is 1. The van der Waals surface area contributed by atoms with Gasteiger partial charge in [0.15, 0.2) is 0 Å². The molecule has 1 aromatic heterocycles. The lowest BCUT2D eigenvalue weighted by Crippen LogP contribution is -2.43. The van der Waals surface area contributed by atoms with Crippen molar-refractivity contribution in [3.8, 4) is 0 Å². The Bertz CT molecular complexity index is 329. The number of amides is 2. The summed E-state index contributed by atoms with van der Waals surface area (Å²) in [6.45, 7) is 3.55. The molecule has 3 N–H and O–H groups in total. The van der Waals surface area contributed by atoms with Crippen molar-refractivity contribution in [2.45, 2.75) is 25.9 Å². The number of nitrogens with one attached hydrogen (secondary N) is 2. The second-order valence-electron chi connectivity index (χ2n) is 3.70. The zero-order valence-corrected chi connectivity index (χ0v) is 9.47. The fraction of sp³-hybridized carbons (Fsp3) is 0.455. The van der Waals surface area contributed by atoms with Gasteiger partial charge in [-0.3, -0.25) is 4.98 Å². The van der Waals surface area contributed by atoms with Crippen LogP contribution in [0.5, 0.6) is 0 Å². The lowest BCUT2D eigenvalue weighted by molar-refractivity contribution is 0.218. The Hall–Kier alpha value is -1.62. The number of nitrogens with zero attached hydrogens (tertiary/aromatic N) is 1. The van der Waals surface area contributed by atoms with E-state index in [1.54, 1.807) is 19.3 Å². The standard InChI is InChI=1S/C11H17N3O2/c1-8(7-15)13-11(16)14-9(2)10-3-5-12-6-4-10/h3-6,8-9,15H,7H2,1-2H3,(H2,13,14,16). The Balaban J connectivity index is 2.46. The van der Waals surface area contributed by atoms with Gasteiger partial charge in [-0.1, -0.05) is 0 Å². The predicted octanol–water partition coefficient (Wildman–Crippen LogP) is 0.823. The van der Waals surface area contributed by atoms with Crippen molar-refractivity contribution in [2.75, 3.05) is 6.61 Å². The Kier molecular flexibility index (Phi) is 4.72. The average Bonchev–Trinajstić information content (AvgIpc) is 2.29. The fourth-order valence-electron chi connectivity index (χ4n) is 1.24. The van der Waals surface area contributed by atoms with E-state index in [1.807, 2.05) is 19.1 Å². The maximum atomic E-state index is 11.4. The van der Waals surface area contributed by atoms with Crippen LogP contribution < -0.4 is 10.6 Å². The number of aliphatic hydroxyl groups is 1. The molecule has 0 saturated carbocycles. The number of hydrogen-bond acceptors (Lipinski definition) is 3. The summed E-state index contributed by atoms with van der Waals surface area (Å²) in [6.07, 6.45) is 3.36. The lowest BCUT2D eigenvalue weighted by Gasteiger charge is -2.17. The molecule has 0 aliphatic carbocycles. The van der Waals surface area contributed by atoms with Gasteiger partial charge in [0.25, 0.3) is 0 Å². The maximum absolute atomic E-state index is 11.4. The van der Waals surface area contributed by atoms with Gasteiger partial charge >= 0.3 is 6.03 Å². The fourth-order valence-corrected chi connectivity index (χ4v) is 1.24. The molecule has 0 aliphatic heterocycles. The molecule has 0 radical (unpaired) electrons. The van der Waals surface area contributed by atoms with Gasteiger partial charge in [0.2, 0.25) is 0 Å². The number of carbonyl (C=O) groups is 1. The monoisotopic (exact) mass is 223 g/mol. The molecule has 0 aliphatic rings. The van der Waals surface area contributed by atoms with Crippen molar-refractivity contribution in [1.29, 1.82) is 0 Å². The molecule has 1 heterocycles. The topological polar surface area (TPSA) is 74.2 Å². The van der Waals surface area contributed by atoms with Gasteiger partial charge in [0.05, 0.1) is 18.7 Å². The van der Waals surface area contributed by atoms with Crippen LogP contribution in [0.15, 0.2) is 24.5 Å². The summed E-state index contributed by atoms with van der Waals surface area (Å²) in [6, 6.07) is 3.07. The van der Waals surface area contributed by atoms with Crippen molar-refractivity contribution in [2.24, 2.45) is 0 Å². The largest absolute Gasteiger partial charge is 0.394 e.